The van der Waals surface area contributed by atoms with E-state index >= 15 is 0 Å². The molecule has 0 aliphatic carbocycles. The zero-order valence-electron chi connectivity index (χ0n) is 21.2. The van der Waals surface area contributed by atoms with Gasteiger partial charge in [-0.15, -0.1) is 0 Å². The Kier molecular flexibility index (Phi) is 8.85. The highest BCUT2D eigenvalue weighted by Gasteiger charge is 2.20. The molecule has 0 saturated heterocycles. The molecule has 0 atom stereocenters. The molecule has 2 amide bonds. The Balaban J connectivity index is 1.71. The van der Waals surface area contributed by atoms with E-state index < -0.39 is 0 Å². The van der Waals surface area contributed by atoms with E-state index in [9.17, 15) is 9.59 Å². The van der Waals surface area contributed by atoms with E-state index in [-0.39, 0.29) is 18.4 Å². The lowest BCUT2D eigenvalue weighted by Crippen LogP contribution is -2.39. The largest absolute Gasteiger partial charge is 0.355 e. The van der Waals surface area contributed by atoms with E-state index in [1.165, 1.54) is 0 Å². The van der Waals surface area contributed by atoms with E-state index in [0.29, 0.717) is 31.2 Å². The highest BCUT2D eigenvalue weighted by atomic mass is 16.2. The molecule has 6 nitrogen and oxygen atoms in total. The first-order valence-electron chi connectivity index (χ1n) is 12.3. The molecule has 0 aliphatic heterocycles. The molecule has 1 N–H and O–H groups in total. The van der Waals surface area contributed by atoms with Gasteiger partial charge in [0.05, 0.1) is 17.5 Å². The van der Waals surface area contributed by atoms with Crippen molar-refractivity contribution in [3.8, 4) is 0 Å². The molecular weight excluding hydrogens is 424 g/mol. The first kappa shape index (κ1) is 25.5. The second kappa shape index (κ2) is 11.8. The van der Waals surface area contributed by atoms with Crippen LogP contribution in [0.2, 0.25) is 0 Å². The number of hydrogen-bond donors (Lipinski definition) is 1. The Morgan fingerprint density at radius 3 is 2.29 bits per heavy atom. The summed E-state index contributed by atoms with van der Waals surface area (Å²) in [4.78, 5) is 32.5. The van der Waals surface area contributed by atoms with E-state index in [4.69, 9.17) is 4.98 Å². The van der Waals surface area contributed by atoms with Crippen LogP contribution in [-0.2, 0) is 29.0 Å². The summed E-state index contributed by atoms with van der Waals surface area (Å²) < 4.78 is 2.01. The van der Waals surface area contributed by atoms with Gasteiger partial charge in [-0.1, -0.05) is 64.1 Å². The molecule has 1 aromatic heterocycles. The topological polar surface area (TPSA) is 67.2 Å². The van der Waals surface area contributed by atoms with Gasteiger partial charge in [0.1, 0.15) is 12.4 Å². The Labute approximate surface area is 203 Å². The SMILES string of the molecule is Cc1ccccc1CC(=O)NCCc1nc2ccccc2n1CC(=O)N(CC(C)C)CC(C)C. The average molecular weight is 463 g/mol. The van der Waals surface area contributed by atoms with Crippen molar-refractivity contribution >= 4 is 22.8 Å². The van der Waals surface area contributed by atoms with Crippen LogP contribution in [0.1, 0.15) is 44.6 Å². The van der Waals surface area contributed by atoms with Gasteiger partial charge in [0.2, 0.25) is 11.8 Å². The van der Waals surface area contributed by atoms with Crippen molar-refractivity contribution in [3.05, 3.63) is 65.5 Å². The zero-order valence-corrected chi connectivity index (χ0v) is 21.2. The molecule has 0 fully saturated rings. The lowest BCUT2D eigenvalue weighted by Gasteiger charge is -2.27. The van der Waals surface area contributed by atoms with E-state index in [1.54, 1.807) is 0 Å². The molecular formula is C28H38N4O2. The third-order valence-electron chi connectivity index (χ3n) is 5.83. The smallest absolute Gasteiger partial charge is 0.242 e. The second-order valence-corrected chi connectivity index (χ2v) is 9.89. The Morgan fingerprint density at radius 2 is 1.62 bits per heavy atom. The predicted octanol–water partition coefficient (Wildman–Crippen LogP) is 4.39. The minimum Gasteiger partial charge on any atom is -0.355 e. The van der Waals surface area contributed by atoms with Gasteiger partial charge >= 0.3 is 0 Å². The van der Waals surface area contributed by atoms with Crippen LogP contribution in [-0.4, -0.2) is 45.9 Å². The fourth-order valence-electron chi connectivity index (χ4n) is 4.25. The highest BCUT2D eigenvalue weighted by Crippen LogP contribution is 2.17. The lowest BCUT2D eigenvalue weighted by molar-refractivity contribution is -0.133. The molecule has 0 radical (unpaired) electrons. The number of amides is 2. The minimum absolute atomic E-state index is 0.00641. The van der Waals surface area contributed by atoms with Gasteiger partial charge in [-0.3, -0.25) is 9.59 Å². The molecule has 3 rings (SSSR count). The number of aryl methyl sites for hydroxylation is 1. The fraction of sp³-hybridized carbons (Fsp3) is 0.464. The van der Waals surface area contributed by atoms with Crippen LogP contribution in [0.15, 0.2) is 48.5 Å². The summed E-state index contributed by atoms with van der Waals surface area (Å²) in [6.07, 6.45) is 0.927. The number of aromatic nitrogens is 2. The maximum atomic E-state index is 13.3. The summed E-state index contributed by atoms with van der Waals surface area (Å²) in [5.41, 5.74) is 3.97. The van der Waals surface area contributed by atoms with Gasteiger partial charge in [-0.05, 0) is 42.0 Å². The average Bonchev–Trinajstić information content (AvgIpc) is 3.11. The number of para-hydroxylation sites is 2. The van der Waals surface area contributed by atoms with Crippen molar-refractivity contribution in [2.45, 2.75) is 54.0 Å². The number of carbonyl (C=O) groups excluding carboxylic acids is 2. The Morgan fingerprint density at radius 1 is 0.971 bits per heavy atom. The summed E-state index contributed by atoms with van der Waals surface area (Å²) >= 11 is 0. The summed E-state index contributed by atoms with van der Waals surface area (Å²) in [6, 6.07) is 15.8. The van der Waals surface area contributed by atoms with Crippen LogP contribution >= 0.6 is 0 Å². The van der Waals surface area contributed by atoms with Crippen LogP contribution in [0, 0.1) is 18.8 Å². The van der Waals surface area contributed by atoms with Gasteiger partial charge in [0.25, 0.3) is 0 Å². The molecule has 1 heterocycles. The molecule has 0 aliphatic rings. The molecule has 34 heavy (non-hydrogen) atoms. The summed E-state index contributed by atoms with van der Waals surface area (Å²) in [7, 11) is 0. The van der Waals surface area contributed by atoms with Gasteiger partial charge in [0.15, 0.2) is 0 Å². The van der Waals surface area contributed by atoms with Gasteiger partial charge in [-0.25, -0.2) is 4.98 Å². The first-order valence-corrected chi connectivity index (χ1v) is 12.3. The zero-order chi connectivity index (χ0) is 24.7. The van der Waals surface area contributed by atoms with E-state index in [2.05, 4.69) is 33.0 Å². The Bertz CT molecular complexity index is 1110. The van der Waals surface area contributed by atoms with Gasteiger partial charge in [0, 0.05) is 26.1 Å². The van der Waals surface area contributed by atoms with Crippen LogP contribution in [0.4, 0.5) is 0 Å². The van der Waals surface area contributed by atoms with Crippen molar-refractivity contribution in [3.63, 3.8) is 0 Å². The molecule has 0 unspecified atom stereocenters. The molecule has 0 bridgehead atoms. The number of benzene rings is 2. The molecule has 3 aromatic rings. The van der Waals surface area contributed by atoms with Crippen molar-refractivity contribution in [2.24, 2.45) is 11.8 Å². The fourth-order valence-corrected chi connectivity index (χ4v) is 4.25. The molecule has 0 saturated carbocycles. The maximum Gasteiger partial charge on any atom is 0.242 e. The molecule has 2 aromatic carbocycles. The third kappa shape index (κ3) is 6.92. The van der Waals surface area contributed by atoms with Crippen molar-refractivity contribution < 1.29 is 9.59 Å². The predicted molar refractivity (Wildman–Crippen MR) is 138 cm³/mol. The van der Waals surface area contributed by atoms with E-state index in [1.807, 2.05) is 64.9 Å². The summed E-state index contributed by atoms with van der Waals surface area (Å²) in [6.45, 7) is 12.8. The van der Waals surface area contributed by atoms with Gasteiger partial charge < -0.3 is 14.8 Å². The number of rotatable bonds is 11. The second-order valence-electron chi connectivity index (χ2n) is 9.89. The number of imidazole rings is 1. The van der Waals surface area contributed by atoms with Gasteiger partial charge in [-0.2, -0.15) is 0 Å². The first-order chi connectivity index (χ1) is 16.2. The third-order valence-corrected chi connectivity index (χ3v) is 5.83. The van der Waals surface area contributed by atoms with Crippen molar-refractivity contribution in [2.75, 3.05) is 19.6 Å². The van der Waals surface area contributed by atoms with E-state index in [0.717, 1.165) is 41.1 Å². The van der Waals surface area contributed by atoms with Crippen molar-refractivity contribution in [1.29, 1.82) is 0 Å². The number of hydrogen-bond acceptors (Lipinski definition) is 3. The number of nitrogens with one attached hydrogen (secondary N) is 1. The summed E-state index contributed by atoms with van der Waals surface area (Å²) in [5, 5.41) is 3.02. The molecule has 0 spiro atoms. The highest BCUT2D eigenvalue weighted by molar-refractivity contribution is 5.81. The normalized spacial score (nSPS) is 11.4. The monoisotopic (exact) mass is 462 g/mol. The van der Waals surface area contributed by atoms with Crippen LogP contribution in [0.5, 0.6) is 0 Å². The molecule has 182 valence electrons. The lowest BCUT2D eigenvalue weighted by atomic mass is 10.1. The standard InChI is InChI=1S/C28H38N4O2/c1-20(2)17-31(18-21(3)4)28(34)19-32-25-13-9-8-12-24(25)30-26(32)14-15-29-27(33)16-23-11-7-6-10-22(23)5/h6-13,20-21H,14-19H2,1-5H3,(H,29,33). The summed E-state index contributed by atoms with van der Waals surface area (Å²) in [5.74, 6) is 1.73. The number of fused-ring (bicyclic) bond motifs is 1. The maximum absolute atomic E-state index is 13.3. The minimum atomic E-state index is -0.00641. The van der Waals surface area contributed by atoms with Crippen LogP contribution in [0.3, 0.4) is 0 Å². The van der Waals surface area contributed by atoms with Crippen LogP contribution < -0.4 is 5.32 Å². The Hall–Kier alpha value is -3.15. The molecule has 6 heteroatoms. The number of carbonyl (C=O) groups is 2. The number of nitrogens with zero attached hydrogens (tertiary/aromatic N) is 3. The van der Waals surface area contributed by atoms with Crippen LogP contribution in [0.25, 0.3) is 11.0 Å². The quantitative estimate of drug-likeness (QED) is 0.460. The van der Waals surface area contributed by atoms with Crippen molar-refractivity contribution in [1.82, 2.24) is 19.8 Å².